The highest BCUT2D eigenvalue weighted by Crippen LogP contribution is 2.37. The van der Waals surface area contributed by atoms with E-state index in [1.54, 1.807) is 0 Å². The number of para-hydroxylation sites is 2. The van der Waals surface area contributed by atoms with Crippen LogP contribution in [0.1, 0.15) is 6.92 Å². The van der Waals surface area contributed by atoms with Crippen molar-refractivity contribution in [3.05, 3.63) is 52.6 Å². The van der Waals surface area contributed by atoms with Gasteiger partial charge in [-0.25, -0.2) is 13.4 Å². The first kappa shape index (κ1) is 20.8. The maximum Gasteiger partial charge on any atom is 0.284 e. The molecule has 0 bridgehead atoms. The second-order valence-electron chi connectivity index (χ2n) is 6.63. The number of aryl methyl sites for hydroxylation is 1. The van der Waals surface area contributed by atoms with Crippen LogP contribution in [-0.4, -0.2) is 53.5 Å². The Bertz CT molecular complexity index is 1200. The normalized spacial score (nSPS) is 15.5. The predicted octanol–water partition coefficient (Wildman–Crippen LogP) is 3.14. The number of hydrogen-bond donors (Lipinski definition) is 0. The van der Waals surface area contributed by atoms with Crippen LogP contribution in [0.5, 0.6) is 0 Å². The zero-order valence-electron chi connectivity index (χ0n) is 16.2. The number of nitro groups is 1. The monoisotopic (exact) mass is 448 g/mol. The Kier molecular flexibility index (Phi) is 5.78. The van der Waals surface area contributed by atoms with Crippen molar-refractivity contribution < 1.29 is 18.1 Å². The summed E-state index contributed by atoms with van der Waals surface area (Å²) in [6.45, 7) is 3.70. The van der Waals surface area contributed by atoms with Gasteiger partial charge in [0, 0.05) is 25.7 Å². The fourth-order valence-electron chi connectivity index (χ4n) is 3.36. The van der Waals surface area contributed by atoms with Gasteiger partial charge in [-0.05, 0) is 43.0 Å². The number of ether oxygens (including phenoxy) is 1. The maximum atomic E-state index is 12.9. The summed E-state index contributed by atoms with van der Waals surface area (Å²) in [5, 5.41) is 12.3. The fraction of sp³-hybridized carbons (Fsp3) is 0.316. The minimum atomic E-state index is -3.82. The van der Waals surface area contributed by atoms with E-state index >= 15 is 0 Å². The molecule has 30 heavy (non-hydrogen) atoms. The SMILES string of the molecule is CCn1c(Sc2ccc(S(=O)(=O)N3CCOCC3)cc2[N+](=O)[O-])nc2ccccc21. The first-order chi connectivity index (χ1) is 14.4. The third kappa shape index (κ3) is 3.81. The van der Waals surface area contributed by atoms with E-state index in [2.05, 4.69) is 4.98 Å². The van der Waals surface area contributed by atoms with Gasteiger partial charge in [0.15, 0.2) is 5.16 Å². The smallest absolute Gasteiger partial charge is 0.284 e. The number of sulfonamides is 1. The minimum absolute atomic E-state index is 0.0931. The van der Waals surface area contributed by atoms with E-state index in [4.69, 9.17) is 4.74 Å². The molecule has 11 heteroatoms. The number of nitrogens with zero attached hydrogens (tertiary/aromatic N) is 4. The van der Waals surface area contributed by atoms with Crippen LogP contribution in [0.3, 0.4) is 0 Å². The lowest BCUT2D eigenvalue weighted by molar-refractivity contribution is -0.388. The van der Waals surface area contributed by atoms with Crippen LogP contribution in [0.15, 0.2) is 57.4 Å². The second-order valence-corrected chi connectivity index (χ2v) is 9.58. The molecule has 0 saturated carbocycles. The summed E-state index contributed by atoms with van der Waals surface area (Å²) in [6, 6.07) is 11.7. The Hall–Kier alpha value is -2.47. The molecule has 0 N–H and O–H groups in total. The average Bonchev–Trinajstić information content (AvgIpc) is 3.11. The van der Waals surface area contributed by atoms with Gasteiger partial charge in [0.05, 0.1) is 39.0 Å². The van der Waals surface area contributed by atoms with Crippen LogP contribution in [0.4, 0.5) is 5.69 Å². The molecule has 1 aliphatic rings. The highest BCUT2D eigenvalue weighted by Gasteiger charge is 2.29. The molecule has 0 radical (unpaired) electrons. The van der Waals surface area contributed by atoms with Crippen molar-refractivity contribution in [1.29, 1.82) is 0 Å². The lowest BCUT2D eigenvalue weighted by atomic mass is 10.3. The fourth-order valence-corrected chi connectivity index (χ4v) is 5.84. The van der Waals surface area contributed by atoms with Gasteiger partial charge in [0.25, 0.3) is 5.69 Å². The average molecular weight is 449 g/mol. The number of aromatic nitrogens is 2. The first-order valence-corrected chi connectivity index (χ1v) is 11.7. The van der Waals surface area contributed by atoms with Gasteiger partial charge < -0.3 is 9.30 Å². The van der Waals surface area contributed by atoms with Crippen molar-refractivity contribution >= 4 is 38.5 Å². The Labute approximate surface area is 177 Å². The van der Waals surface area contributed by atoms with Gasteiger partial charge >= 0.3 is 0 Å². The molecular weight excluding hydrogens is 428 g/mol. The Morgan fingerprint density at radius 1 is 1.20 bits per heavy atom. The van der Waals surface area contributed by atoms with Crippen LogP contribution < -0.4 is 0 Å². The molecule has 0 spiro atoms. The molecule has 9 nitrogen and oxygen atoms in total. The summed E-state index contributed by atoms with van der Waals surface area (Å²) in [4.78, 5) is 16.0. The highest BCUT2D eigenvalue weighted by molar-refractivity contribution is 7.99. The summed E-state index contributed by atoms with van der Waals surface area (Å²) in [6.07, 6.45) is 0. The molecule has 0 amide bonds. The highest BCUT2D eigenvalue weighted by atomic mass is 32.2. The molecule has 0 aliphatic carbocycles. The molecule has 3 aromatic rings. The summed E-state index contributed by atoms with van der Waals surface area (Å²) in [5.41, 5.74) is 1.48. The predicted molar refractivity (Wildman–Crippen MR) is 112 cm³/mol. The van der Waals surface area contributed by atoms with E-state index in [1.165, 1.54) is 16.4 Å². The van der Waals surface area contributed by atoms with Crippen molar-refractivity contribution in [2.45, 2.75) is 28.4 Å². The summed E-state index contributed by atoms with van der Waals surface area (Å²) in [7, 11) is -3.82. The van der Waals surface area contributed by atoms with Crippen molar-refractivity contribution in [3.8, 4) is 0 Å². The summed E-state index contributed by atoms with van der Waals surface area (Å²) < 4.78 is 34.2. The molecule has 2 aromatic carbocycles. The van der Waals surface area contributed by atoms with E-state index in [9.17, 15) is 18.5 Å². The molecule has 158 valence electrons. The summed E-state index contributed by atoms with van der Waals surface area (Å²) >= 11 is 1.16. The van der Waals surface area contributed by atoms with Gasteiger partial charge in [-0.2, -0.15) is 4.31 Å². The quantitative estimate of drug-likeness (QED) is 0.421. The van der Waals surface area contributed by atoms with Crippen molar-refractivity contribution in [1.82, 2.24) is 13.9 Å². The van der Waals surface area contributed by atoms with Gasteiger partial charge in [-0.3, -0.25) is 10.1 Å². The van der Waals surface area contributed by atoms with Crippen molar-refractivity contribution in [2.24, 2.45) is 0 Å². The van der Waals surface area contributed by atoms with Crippen LogP contribution in [0.2, 0.25) is 0 Å². The van der Waals surface area contributed by atoms with E-state index in [-0.39, 0.29) is 23.7 Å². The Morgan fingerprint density at radius 2 is 1.93 bits per heavy atom. The third-order valence-corrected chi connectivity index (χ3v) is 7.83. The standard InChI is InChI=1S/C19H20N4O5S2/c1-2-22-16-6-4-3-5-15(16)20-19(22)29-18-8-7-14(13-17(18)23(24)25)30(26,27)21-9-11-28-12-10-21/h3-8,13H,2,9-12H2,1H3. The van der Waals surface area contributed by atoms with Crippen molar-refractivity contribution in [3.63, 3.8) is 0 Å². The molecule has 2 heterocycles. The van der Waals surface area contributed by atoms with Gasteiger partial charge in [-0.15, -0.1) is 0 Å². The summed E-state index contributed by atoms with van der Waals surface area (Å²) in [5.74, 6) is 0. The number of nitro benzene ring substituents is 1. The topological polar surface area (TPSA) is 108 Å². The van der Waals surface area contributed by atoms with Crippen LogP contribution in [0, 0.1) is 10.1 Å². The van der Waals surface area contributed by atoms with E-state index < -0.39 is 14.9 Å². The number of rotatable bonds is 6. The number of fused-ring (bicyclic) bond motifs is 1. The second kappa shape index (κ2) is 8.34. The van der Waals surface area contributed by atoms with Crippen LogP contribution in [-0.2, 0) is 21.3 Å². The largest absolute Gasteiger partial charge is 0.379 e. The number of hydrogen-bond acceptors (Lipinski definition) is 7. The van der Waals surface area contributed by atoms with E-state index in [0.717, 1.165) is 28.9 Å². The third-order valence-electron chi connectivity index (χ3n) is 4.87. The molecular formula is C19H20N4O5S2. The zero-order chi connectivity index (χ0) is 21.3. The molecule has 0 atom stereocenters. The van der Waals surface area contributed by atoms with Crippen molar-refractivity contribution in [2.75, 3.05) is 26.3 Å². The Morgan fingerprint density at radius 3 is 2.63 bits per heavy atom. The van der Waals surface area contributed by atoms with E-state index in [0.29, 0.717) is 29.8 Å². The van der Waals surface area contributed by atoms with Gasteiger partial charge in [0.2, 0.25) is 10.0 Å². The number of morpholine rings is 1. The zero-order valence-corrected chi connectivity index (χ0v) is 17.9. The first-order valence-electron chi connectivity index (χ1n) is 9.41. The lowest BCUT2D eigenvalue weighted by Crippen LogP contribution is -2.40. The number of imidazole rings is 1. The molecule has 0 unspecified atom stereocenters. The molecule has 1 saturated heterocycles. The minimum Gasteiger partial charge on any atom is -0.379 e. The van der Waals surface area contributed by atoms with E-state index in [1.807, 2.05) is 35.8 Å². The van der Waals surface area contributed by atoms with Gasteiger partial charge in [-0.1, -0.05) is 12.1 Å². The molecule has 1 fully saturated rings. The van der Waals surface area contributed by atoms with Crippen LogP contribution >= 0.6 is 11.8 Å². The maximum absolute atomic E-state index is 12.9. The number of benzene rings is 2. The van der Waals surface area contributed by atoms with Gasteiger partial charge in [0.1, 0.15) is 0 Å². The molecule has 1 aromatic heterocycles. The Balaban J connectivity index is 1.72. The molecule has 4 rings (SSSR count). The molecule has 1 aliphatic heterocycles. The van der Waals surface area contributed by atoms with Crippen LogP contribution in [0.25, 0.3) is 11.0 Å². The lowest BCUT2D eigenvalue weighted by Gasteiger charge is -2.26.